The number of hydrogen-bond acceptors (Lipinski definition) is 3. The van der Waals surface area contributed by atoms with Crippen molar-refractivity contribution in [1.82, 2.24) is 9.78 Å². The van der Waals surface area contributed by atoms with E-state index in [1.54, 1.807) is 0 Å². The van der Waals surface area contributed by atoms with Crippen molar-refractivity contribution >= 4 is 11.8 Å². The van der Waals surface area contributed by atoms with Crippen LogP contribution in [-0.4, -0.2) is 32.5 Å². The quantitative estimate of drug-likeness (QED) is 0.700. The van der Waals surface area contributed by atoms with Crippen LogP contribution in [-0.2, 0) is 6.42 Å². The van der Waals surface area contributed by atoms with E-state index in [9.17, 15) is 5.11 Å². The Morgan fingerprint density at radius 1 is 1.33 bits per heavy atom. The second-order valence-corrected chi connectivity index (χ2v) is 5.99. The normalized spacial score (nSPS) is 13.2. The molecule has 0 radical (unpaired) electrons. The molecule has 0 spiro atoms. The van der Waals surface area contributed by atoms with E-state index in [0.717, 1.165) is 36.5 Å². The fraction of sp³-hybridized carbons (Fsp3) is 0.786. The molecule has 0 aliphatic carbocycles. The third-order valence-corrected chi connectivity index (χ3v) is 4.16. The van der Waals surface area contributed by atoms with Gasteiger partial charge in [0.25, 0.3) is 0 Å². The third kappa shape index (κ3) is 5.02. The number of rotatable bonds is 9. The van der Waals surface area contributed by atoms with Crippen molar-refractivity contribution in [2.24, 2.45) is 0 Å². The molecule has 1 aromatic heterocycles. The lowest BCUT2D eigenvalue weighted by Crippen LogP contribution is -2.13. The predicted molar refractivity (Wildman–Crippen MR) is 79.2 cm³/mol. The second kappa shape index (κ2) is 8.59. The van der Waals surface area contributed by atoms with E-state index in [2.05, 4.69) is 25.9 Å². The molecule has 0 bridgehead atoms. The van der Waals surface area contributed by atoms with E-state index in [4.69, 9.17) is 0 Å². The van der Waals surface area contributed by atoms with Gasteiger partial charge in [-0.3, -0.25) is 4.68 Å². The van der Waals surface area contributed by atoms with E-state index in [-0.39, 0.29) is 6.10 Å². The average Bonchev–Trinajstić information content (AvgIpc) is 2.79. The summed E-state index contributed by atoms with van der Waals surface area (Å²) in [6.45, 7) is 6.52. The Balaban J connectivity index is 2.43. The molecule has 0 fully saturated rings. The maximum Gasteiger partial charge on any atom is 0.0650 e. The summed E-state index contributed by atoms with van der Waals surface area (Å²) in [7, 11) is 0. The average molecular weight is 270 g/mol. The lowest BCUT2D eigenvalue weighted by Gasteiger charge is -2.13. The molecule has 0 aliphatic heterocycles. The fourth-order valence-electron chi connectivity index (χ4n) is 2.06. The monoisotopic (exact) mass is 270 g/mol. The van der Waals surface area contributed by atoms with Crippen molar-refractivity contribution in [2.75, 3.05) is 11.5 Å². The van der Waals surface area contributed by atoms with Crippen molar-refractivity contribution in [2.45, 2.75) is 58.6 Å². The molecule has 1 heterocycles. The standard InChI is InChI=1S/C14H26N2OS/c1-4-13(5-2)16-9-7-12(15-16)11-14(17)8-10-18-6-3/h7,9,13-14,17H,4-6,8,10-11H2,1-3H3. The number of aromatic nitrogens is 2. The van der Waals surface area contributed by atoms with Gasteiger partial charge in [-0.15, -0.1) is 0 Å². The summed E-state index contributed by atoms with van der Waals surface area (Å²) in [4.78, 5) is 0. The lowest BCUT2D eigenvalue weighted by molar-refractivity contribution is 0.170. The van der Waals surface area contributed by atoms with Crippen molar-refractivity contribution in [3.05, 3.63) is 18.0 Å². The molecule has 0 aromatic carbocycles. The molecule has 1 N–H and O–H groups in total. The minimum Gasteiger partial charge on any atom is -0.393 e. The van der Waals surface area contributed by atoms with Gasteiger partial charge in [-0.25, -0.2) is 0 Å². The van der Waals surface area contributed by atoms with E-state index in [1.165, 1.54) is 0 Å². The number of nitrogens with zero attached hydrogens (tertiary/aromatic N) is 2. The van der Waals surface area contributed by atoms with E-state index in [1.807, 2.05) is 28.7 Å². The Labute approximate surface area is 115 Å². The first-order valence-corrected chi connectivity index (χ1v) is 8.16. The van der Waals surface area contributed by atoms with Crippen molar-refractivity contribution in [3.8, 4) is 0 Å². The smallest absolute Gasteiger partial charge is 0.0650 e. The fourth-order valence-corrected chi connectivity index (χ4v) is 2.79. The van der Waals surface area contributed by atoms with Crippen LogP contribution in [0.1, 0.15) is 51.8 Å². The van der Waals surface area contributed by atoms with Crippen LogP contribution in [0.4, 0.5) is 0 Å². The Kier molecular flexibility index (Phi) is 7.44. The largest absolute Gasteiger partial charge is 0.393 e. The van der Waals surface area contributed by atoms with Gasteiger partial charge in [-0.05, 0) is 36.8 Å². The Hall–Kier alpha value is -0.480. The Morgan fingerprint density at radius 3 is 2.67 bits per heavy atom. The SMILES string of the molecule is CCSCCC(O)Cc1ccn(C(CC)CC)n1. The Morgan fingerprint density at radius 2 is 2.06 bits per heavy atom. The first kappa shape index (κ1) is 15.6. The first-order chi connectivity index (χ1) is 8.71. The minimum atomic E-state index is -0.255. The molecule has 4 heteroatoms. The third-order valence-electron chi connectivity index (χ3n) is 3.22. The summed E-state index contributed by atoms with van der Waals surface area (Å²) < 4.78 is 2.04. The van der Waals surface area contributed by atoms with Gasteiger partial charge in [0, 0.05) is 12.6 Å². The van der Waals surface area contributed by atoms with Gasteiger partial charge in [0.1, 0.15) is 0 Å². The van der Waals surface area contributed by atoms with Crippen LogP contribution in [0, 0.1) is 0 Å². The summed E-state index contributed by atoms with van der Waals surface area (Å²) >= 11 is 1.88. The van der Waals surface area contributed by atoms with Crippen LogP contribution >= 0.6 is 11.8 Å². The molecule has 1 atom stereocenters. The summed E-state index contributed by atoms with van der Waals surface area (Å²) in [5.41, 5.74) is 1.01. The van der Waals surface area contributed by atoms with Crippen LogP contribution in [0.3, 0.4) is 0 Å². The summed E-state index contributed by atoms with van der Waals surface area (Å²) in [5.74, 6) is 2.15. The van der Waals surface area contributed by atoms with Gasteiger partial charge in [-0.1, -0.05) is 20.8 Å². The number of hydrogen-bond donors (Lipinski definition) is 1. The molecule has 3 nitrogen and oxygen atoms in total. The maximum absolute atomic E-state index is 9.93. The highest BCUT2D eigenvalue weighted by atomic mass is 32.2. The molecule has 104 valence electrons. The van der Waals surface area contributed by atoms with Crippen LogP contribution in [0.25, 0.3) is 0 Å². The molecule has 18 heavy (non-hydrogen) atoms. The van der Waals surface area contributed by atoms with Gasteiger partial charge in [0.15, 0.2) is 0 Å². The van der Waals surface area contributed by atoms with Gasteiger partial charge < -0.3 is 5.11 Å². The van der Waals surface area contributed by atoms with Crippen LogP contribution < -0.4 is 0 Å². The van der Waals surface area contributed by atoms with Gasteiger partial charge in [0.2, 0.25) is 0 Å². The topological polar surface area (TPSA) is 38.0 Å². The minimum absolute atomic E-state index is 0.255. The highest BCUT2D eigenvalue weighted by Crippen LogP contribution is 2.15. The maximum atomic E-state index is 9.93. The summed E-state index contributed by atoms with van der Waals surface area (Å²) in [6.07, 6.45) is 5.53. The second-order valence-electron chi connectivity index (χ2n) is 4.60. The summed E-state index contributed by atoms with van der Waals surface area (Å²) in [6, 6.07) is 2.53. The molecule has 0 aliphatic rings. The van der Waals surface area contributed by atoms with Gasteiger partial charge in [-0.2, -0.15) is 16.9 Å². The highest BCUT2D eigenvalue weighted by molar-refractivity contribution is 7.99. The van der Waals surface area contributed by atoms with Crippen molar-refractivity contribution in [3.63, 3.8) is 0 Å². The van der Waals surface area contributed by atoms with Gasteiger partial charge >= 0.3 is 0 Å². The number of aliphatic hydroxyl groups excluding tert-OH is 1. The number of thioether (sulfide) groups is 1. The van der Waals surface area contributed by atoms with E-state index in [0.29, 0.717) is 12.5 Å². The predicted octanol–water partition coefficient (Wildman–Crippen LogP) is 3.29. The zero-order chi connectivity index (χ0) is 13.4. The number of aliphatic hydroxyl groups is 1. The molecule has 1 rings (SSSR count). The molecular weight excluding hydrogens is 244 g/mol. The summed E-state index contributed by atoms with van der Waals surface area (Å²) in [5, 5.41) is 14.5. The molecule has 1 unspecified atom stereocenters. The highest BCUT2D eigenvalue weighted by Gasteiger charge is 2.11. The van der Waals surface area contributed by atoms with E-state index >= 15 is 0 Å². The molecular formula is C14H26N2OS. The lowest BCUT2D eigenvalue weighted by atomic mass is 10.1. The molecule has 0 amide bonds. The molecule has 0 saturated heterocycles. The van der Waals surface area contributed by atoms with Crippen LogP contribution in [0.15, 0.2) is 12.3 Å². The zero-order valence-corrected chi connectivity index (χ0v) is 12.6. The van der Waals surface area contributed by atoms with Crippen LogP contribution in [0.5, 0.6) is 0 Å². The first-order valence-electron chi connectivity index (χ1n) is 7.01. The van der Waals surface area contributed by atoms with Gasteiger partial charge in [0.05, 0.1) is 17.8 Å². The van der Waals surface area contributed by atoms with E-state index < -0.39 is 0 Å². The molecule has 1 aromatic rings. The molecule has 0 saturated carbocycles. The van der Waals surface area contributed by atoms with Crippen molar-refractivity contribution in [1.29, 1.82) is 0 Å². The Bertz CT molecular complexity index is 323. The zero-order valence-electron chi connectivity index (χ0n) is 11.8. The van der Waals surface area contributed by atoms with Crippen LogP contribution in [0.2, 0.25) is 0 Å². The van der Waals surface area contributed by atoms with Crippen molar-refractivity contribution < 1.29 is 5.11 Å².